The minimum absolute atomic E-state index is 0.279. The van der Waals surface area contributed by atoms with Crippen molar-refractivity contribution in [1.82, 2.24) is 15.5 Å². The largest absolute Gasteiger partial charge is 0.493 e. The molecule has 2 aromatic rings. The summed E-state index contributed by atoms with van der Waals surface area (Å²) in [6.45, 7) is 2.14. The van der Waals surface area contributed by atoms with Crippen LogP contribution >= 0.6 is 11.3 Å². The first-order valence-corrected chi connectivity index (χ1v) is 7.73. The lowest BCUT2D eigenvalue weighted by atomic mass is 10.1. The predicted molar refractivity (Wildman–Crippen MR) is 84.4 cm³/mol. The molecule has 0 aliphatic carbocycles. The van der Waals surface area contributed by atoms with E-state index in [1.807, 2.05) is 25.2 Å². The molecule has 2 rings (SSSR count). The summed E-state index contributed by atoms with van der Waals surface area (Å²) in [6, 6.07) is 6.20. The van der Waals surface area contributed by atoms with E-state index in [0.717, 1.165) is 39.9 Å². The minimum atomic E-state index is 0.279. The normalized spacial score (nSPS) is 12.2. The second-order valence-corrected chi connectivity index (χ2v) is 5.74. The Morgan fingerprint density at radius 2 is 1.95 bits per heavy atom. The summed E-state index contributed by atoms with van der Waals surface area (Å²) < 4.78 is 10.6. The smallest absolute Gasteiger partial charge is 0.160 e. The Balaban J connectivity index is 2.15. The standard InChI is InChI=1S/C15H21N3O2S/c1-5-11(16-2)15-18-17-14(21-15)9-10-6-7-12(19-3)13(8-10)20-4/h6-8,11,16H,5,9H2,1-4H3. The second-order valence-electron chi connectivity index (χ2n) is 4.65. The van der Waals surface area contributed by atoms with E-state index in [1.165, 1.54) is 0 Å². The van der Waals surface area contributed by atoms with Crippen molar-refractivity contribution >= 4 is 11.3 Å². The van der Waals surface area contributed by atoms with E-state index < -0.39 is 0 Å². The summed E-state index contributed by atoms with van der Waals surface area (Å²) >= 11 is 1.65. The fraction of sp³-hybridized carbons (Fsp3) is 0.467. The molecule has 114 valence electrons. The van der Waals surface area contributed by atoms with Gasteiger partial charge in [0.05, 0.1) is 20.3 Å². The van der Waals surface area contributed by atoms with Crippen molar-refractivity contribution in [3.8, 4) is 11.5 Å². The van der Waals surface area contributed by atoms with Crippen LogP contribution in [0.2, 0.25) is 0 Å². The lowest BCUT2D eigenvalue weighted by Gasteiger charge is -2.09. The third kappa shape index (κ3) is 3.71. The van der Waals surface area contributed by atoms with E-state index in [1.54, 1.807) is 25.6 Å². The highest BCUT2D eigenvalue weighted by atomic mass is 32.1. The third-order valence-electron chi connectivity index (χ3n) is 3.34. The van der Waals surface area contributed by atoms with Crippen LogP contribution in [0, 0.1) is 0 Å². The van der Waals surface area contributed by atoms with E-state index >= 15 is 0 Å². The number of hydrogen-bond donors (Lipinski definition) is 1. The third-order valence-corrected chi connectivity index (χ3v) is 4.38. The maximum atomic E-state index is 5.33. The van der Waals surface area contributed by atoms with Crippen LogP contribution in [0.3, 0.4) is 0 Å². The van der Waals surface area contributed by atoms with Gasteiger partial charge in [-0.25, -0.2) is 0 Å². The summed E-state index contributed by atoms with van der Waals surface area (Å²) in [5, 5.41) is 13.9. The van der Waals surface area contributed by atoms with Crippen molar-refractivity contribution in [3.05, 3.63) is 33.8 Å². The number of ether oxygens (including phenoxy) is 2. The molecule has 1 unspecified atom stereocenters. The van der Waals surface area contributed by atoms with Gasteiger partial charge in [-0.15, -0.1) is 10.2 Å². The van der Waals surface area contributed by atoms with Crippen LogP contribution in [0.25, 0.3) is 0 Å². The first-order chi connectivity index (χ1) is 10.2. The number of methoxy groups -OCH3 is 2. The first-order valence-electron chi connectivity index (χ1n) is 6.92. The molecule has 1 heterocycles. The van der Waals surface area contributed by atoms with Crippen LogP contribution < -0.4 is 14.8 Å². The van der Waals surface area contributed by atoms with Crippen LogP contribution in [0.5, 0.6) is 11.5 Å². The van der Waals surface area contributed by atoms with Crippen LogP contribution in [0.4, 0.5) is 0 Å². The minimum Gasteiger partial charge on any atom is -0.493 e. The van der Waals surface area contributed by atoms with Gasteiger partial charge in [0.1, 0.15) is 10.0 Å². The highest BCUT2D eigenvalue weighted by Gasteiger charge is 2.14. The van der Waals surface area contributed by atoms with Crippen molar-refractivity contribution in [2.75, 3.05) is 21.3 Å². The number of hydrogen-bond acceptors (Lipinski definition) is 6. The molecule has 0 aliphatic heterocycles. The highest BCUT2D eigenvalue weighted by Crippen LogP contribution is 2.29. The van der Waals surface area contributed by atoms with Gasteiger partial charge in [0.15, 0.2) is 11.5 Å². The van der Waals surface area contributed by atoms with Gasteiger partial charge < -0.3 is 14.8 Å². The lowest BCUT2D eigenvalue weighted by molar-refractivity contribution is 0.354. The fourth-order valence-corrected chi connectivity index (χ4v) is 3.22. The summed E-state index contributed by atoms with van der Waals surface area (Å²) in [4.78, 5) is 0. The molecule has 1 aromatic carbocycles. The van der Waals surface area contributed by atoms with Gasteiger partial charge in [0, 0.05) is 6.42 Å². The van der Waals surface area contributed by atoms with E-state index in [0.29, 0.717) is 0 Å². The summed E-state index contributed by atoms with van der Waals surface area (Å²) in [7, 11) is 5.23. The summed E-state index contributed by atoms with van der Waals surface area (Å²) in [5.74, 6) is 1.47. The molecule has 1 atom stereocenters. The average Bonchev–Trinajstić information content (AvgIpc) is 2.96. The number of nitrogens with one attached hydrogen (secondary N) is 1. The molecule has 5 nitrogen and oxygen atoms in total. The molecule has 0 radical (unpaired) electrons. The Bertz CT molecular complexity index is 582. The maximum Gasteiger partial charge on any atom is 0.160 e. The summed E-state index contributed by atoms with van der Waals surface area (Å²) in [6.07, 6.45) is 1.75. The zero-order chi connectivity index (χ0) is 15.2. The fourth-order valence-electron chi connectivity index (χ4n) is 2.15. The molecule has 1 aromatic heterocycles. The molecule has 6 heteroatoms. The quantitative estimate of drug-likeness (QED) is 0.852. The summed E-state index contributed by atoms with van der Waals surface area (Å²) in [5.41, 5.74) is 1.13. The number of rotatable bonds is 7. The van der Waals surface area contributed by atoms with Crippen molar-refractivity contribution in [3.63, 3.8) is 0 Å². The monoisotopic (exact) mass is 307 g/mol. The SMILES string of the molecule is CCC(NC)c1nnc(Cc2ccc(OC)c(OC)c2)s1. The molecule has 0 spiro atoms. The molecule has 0 bridgehead atoms. The van der Waals surface area contributed by atoms with Gasteiger partial charge in [-0.3, -0.25) is 0 Å². The molecule has 0 amide bonds. The molecule has 1 N–H and O–H groups in total. The second kappa shape index (κ2) is 7.38. The van der Waals surface area contributed by atoms with Gasteiger partial charge in [-0.05, 0) is 31.2 Å². The maximum absolute atomic E-state index is 5.33. The Hall–Kier alpha value is -1.66. The predicted octanol–water partition coefficient (Wildman–Crippen LogP) is 2.82. The zero-order valence-electron chi connectivity index (χ0n) is 12.8. The van der Waals surface area contributed by atoms with Gasteiger partial charge in [0.2, 0.25) is 0 Å². The highest BCUT2D eigenvalue weighted by molar-refractivity contribution is 7.11. The van der Waals surface area contributed by atoms with Crippen molar-refractivity contribution in [2.24, 2.45) is 0 Å². The molecule has 0 aliphatic rings. The van der Waals surface area contributed by atoms with Gasteiger partial charge in [0.25, 0.3) is 0 Å². The van der Waals surface area contributed by atoms with E-state index in [4.69, 9.17) is 9.47 Å². The van der Waals surface area contributed by atoms with Crippen molar-refractivity contribution < 1.29 is 9.47 Å². The molecular formula is C15H21N3O2S. The van der Waals surface area contributed by atoms with E-state index in [-0.39, 0.29) is 6.04 Å². The van der Waals surface area contributed by atoms with E-state index in [2.05, 4.69) is 22.4 Å². The molecule has 0 saturated carbocycles. The average molecular weight is 307 g/mol. The molecular weight excluding hydrogens is 286 g/mol. The Labute approximate surface area is 129 Å². The van der Waals surface area contributed by atoms with Gasteiger partial charge in [-0.1, -0.05) is 24.3 Å². The number of nitrogens with zero attached hydrogens (tertiary/aromatic N) is 2. The first kappa shape index (κ1) is 15.7. The van der Waals surface area contributed by atoms with Crippen LogP contribution in [-0.2, 0) is 6.42 Å². The number of aromatic nitrogens is 2. The topological polar surface area (TPSA) is 56.3 Å². The van der Waals surface area contributed by atoms with Crippen LogP contribution in [-0.4, -0.2) is 31.5 Å². The van der Waals surface area contributed by atoms with Crippen LogP contribution in [0.1, 0.15) is 35.0 Å². The van der Waals surface area contributed by atoms with Gasteiger partial charge >= 0.3 is 0 Å². The number of benzene rings is 1. The lowest BCUT2D eigenvalue weighted by Crippen LogP contribution is -2.14. The molecule has 0 fully saturated rings. The molecule has 0 saturated heterocycles. The van der Waals surface area contributed by atoms with Crippen LogP contribution in [0.15, 0.2) is 18.2 Å². The van der Waals surface area contributed by atoms with Gasteiger partial charge in [-0.2, -0.15) is 0 Å². The molecule has 21 heavy (non-hydrogen) atoms. The Kier molecular flexibility index (Phi) is 5.52. The van der Waals surface area contributed by atoms with E-state index in [9.17, 15) is 0 Å². The zero-order valence-corrected chi connectivity index (χ0v) is 13.7. The van der Waals surface area contributed by atoms with Crippen molar-refractivity contribution in [2.45, 2.75) is 25.8 Å². The van der Waals surface area contributed by atoms with Crippen molar-refractivity contribution in [1.29, 1.82) is 0 Å². The Morgan fingerprint density at radius 3 is 2.57 bits per heavy atom. The Morgan fingerprint density at radius 1 is 1.19 bits per heavy atom.